The maximum absolute atomic E-state index is 15.1. The summed E-state index contributed by atoms with van der Waals surface area (Å²) in [4.78, 5) is 4.72. The van der Waals surface area contributed by atoms with E-state index in [1.807, 2.05) is 36.4 Å². The maximum Gasteiger partial charge on any atom is 0.200 e. The molecule has 1 N–H and O–H groups in total. The van der Waals surface area contributed by atoms with E-state index >= 15 is 8.78 Å². The number of fused-ring (bicyclic) bond motifs is 2. The second-order valence-electron chi connectivity index (χ2n) is 10.1. The average Bonchev–Trinajstić information content (AvgIpc) is 3.06. The van der Waals surface area contributed by atoms with Gasteiger partial charge in [0.2, 0.25) is 5.82 Å². The fraction of sp³-hybridized carbons (Fsp3) is 0. The lowest BCUT2D eigenvalue weighted by atomic mass is 9.94. The van der Waals surface area contributed by atoms with Crippen molar-refractivity contribution in [3.8, 4) is 50.6 Å². The number of phenolic OH excluding ortho intramolecular Hbond substituents is 1. The number of benzene rings is 5. The average molecular weight is 592 g/mol. The molecule has 5 aromatic carbocycles. The Morgan fingerprint density at radius 2 is 1.11 bits per heavy atom. The molecule has 0 atom stereocenters. The van der Waals surface area contributed by atoms with Crippen molar-refractivity contribution in [1.29, 1.82) is 0 Å². The van der Waals surface area contributed by atoms with Crippen LogP contribution in [0, 0.1) is 29.1 Å². The van der Waals surface area contributed by atoms with Crippen LogP contribution in [-0.4, -0.2) is 20.3 Å². The van der Waals surface area contributed by atoms with Gasteiger partial charge in [0.1, 0.15) is 11.4 Å². The second kappa shape index (κ2) is 10.5. The molecule has 0 amide bonds. The van der Waals surface area contributed by atoms with Crippen molar-refractivity contribution in [1.82, 2.24) is 15.2 Å². The molecule has 0 saturated heterocycles. The van der Waals surface area contributed by atoms with Crippen molar-refractivity contribution in [2.45, 2.75) is 0 Å². The van der Waals surface area contributed by atoms with E-state index in [1.165, 1.54) is 12.1 Å². The molecule has 9 heteroatoms. The Labute approximate surface area is 246 Å². The summed E-state index contributed by atoms with van der Waals surface area (Å²) in [7, 11) is 0. The van der Waals surface area contributed by atoms with E-state index in [2.05, 4.69) is 10.2 Å². The van der Waals surface area contributed by atoms with Crippen LogP contribution in [0.5, 0.6) is 5.75 Å². The van der Waals surface area contributed by atoms with Gasteiger partial charge in [0.15, 0.2) is 23.3 Å². The van der Waals surface area contributed by atoms with Crippen molar-refractivity contribution in [3.05, 3.63) is 132 Å². The van der Waals surface area contributed by atoms with Gasteiger partial charge in [0.25, 0.3) is 0 Å². The smallest absolute Gasteiger partial charge is 0.200 e. The SMILES string of the molecule is Oc1cc2ccccc2cc1-c1cccc(-c2cc(-c3c(F)c(F)c(F)c(F)c3F)cc(-c3nncc4ccccc34)c2)n1. The summed E-state index contributed by atoms with van der Waals surface area (Å²) in [5.41, 5.74) is 0.751. The molecule has 0 radical (unpaired) electrons. The fourth-order valence-corrected chi connectivity index (χ4v) is 5.33. The van der Waals surface area contributed by atoms with E-state index < -0.39 is 34.6 Å². The van der Waals surface area contributed by atoms with Gasteiger partial charge in [-0.1, -0.05) is 54.6 Å². The van der Waals surface area contributed by atoms with Crippen molar-refractivity contribution < 1.29 is 27.1 Å². The monoisotopic (exact) mass is 591 g/mol. The zero-order chi connectivity index (χ0) is 30.5. The fourth-order valence-electron chi connectivity index (χ4n) is 5.33. The molecule has 4 nitrogen and oxygen atoms in total. The zero-order valence-corrected chi connectivity index (χ0v) is 22.5. The minimum atomic E-state index is -2.25. The molecule has 44 heavy (non-hydrogen) atoms. The van der Waals surface area contributed by atoms with Gasteiger partial charge in [-0.2, -0.15) is 5.10 Å². The van der Waals surface area contributed by atoms with Gasteiger partial charge in [-0.3, -0.25) is 0 Å². The maximum atomic E-state index is 15.1. The lowest BCUT2D eigenvalue weighted by Gasteiger charge is -2.14. The number of halogens is 5. The Bertz CT molecular complexity index is 2240. The molecule has 214 valence electrons. The van der Waals surface area contributed by atoms with E-state index in [0.29, 0.717) is 39.2 Å². The number of aromatic nitrogens is 3. The first-order valence-corrected chi connectivity index (χ1v) is 13.4. The zero-order valence-electron chi connectivity index (χ0n) is 22.5. The molecule has 2 aromatic heterocycles. The van der Waals surface area contributed by atoms with Crippen LogP contribution in [0.4, 0.5) is 22.0 Å². The Balaban J connectivity index is 1.47. The third-order valence-electron chi connectivity index (χ3n) is 7.46. The van der Waals surface area contributed by atoms with Crippen LogP contribution in [0.2, 0.25) is 0 Å². The van der Waals surface area contributed by atoms with Gasteiger partial charge in [-0.15, -0.1) is 5.10 Å². The molecule has 7 aromatic rings. The first-order chi connectivity index (χ1) is 21.3. The van der Waals surface area contributed by atoms with E-state index in [-0.39, 0.29) is 11.3 Å². The number of pyridine rings is 1. The highest BCUT2D eigenvalue weighted by atomic mass is 19.2. The number of rotatable bonds is 4. The third-order valence-corrected chi connectivity index (χ3v) is 7.46. The Morgan fingerprint density at radius 1 is 0.523 bits per heavy atom. The van der Waals surface area contributed by atoms with E-state index in [0.717, 1.165) is 16.2 Å². The summed E-state index contributed by atoms with van der Waals surface area (Å²) in [6.45, 7) is 0. The van der Waals surface area contributed by atoms with Crippen molar-refractivity contribution in [3.63, 3.8) is 0 Å². The van der Waals surface area contributed by atoms with Crippen LogP contribution < -0.4 is 0 Å². The molecule has 0 bridgehead atoms. The van der Waals surface area contributed by atoms with Crippen molar-refractivity contribution in [2.75, 3.05) is 0 Å². The van der Waals surface area contributed by atoms with Gasteiger partial charge in [-0.05, 0) is 58.8 Å². The summed E-state index contributed by atoms with van der Waals surface area (Å²) >= 11 is 0. The van der Waals surface area contributed by atoms with E-state index in [4.69, 9.17) is 4.98 Å². The number of hydrogen-bond acceptors (Lipinski definition) is 4. The molecular weight excluding hydrogens is 573 g/mol. The molecule has 0 aliphatic heterocycles. The minimum absolute atomic E-state index is 0.00442. The molecule has 7 rings (SSSR count). The largest absolute Gasteiger partial charge is 0.507 e. The van der Waals surface area contributed by atoms with Crippen LogP contribution in [0.3, 0.4) is 0 Å². The van der Waals surface area contributed by atoms with Gasteiger partial charge in [0, 0.05) is 27.5 Å². The van der Waals surface area contributed by atoms with E-state index in [1.54, 1.807) is 54.7 Å². The van der Waals surface area contributed by atoms with Gasteiger partial charge >= 0.3 is 0 Å². The number of hydrogen-bond donors (Lipinski definition) is 1. The summed E-state index contributed by atoms with van der Waals surface area (Å²) in [6.07, 6.45) is 1.55. The normalized spacial score (nSPS) is 11.4. The van der Waals surface area contributed by atoms with Crippen molar-refractivity contribution in [2.24, 2.45) is 0 Å². The minimum Gasteiger partial charge on any atom is -0.507 e. The molecule has 2 heterocycles. The molecule has 0 fully saturated rings. The topological polar surface area (TPSA) is 58.9 Å². The van der Waals surface area contributed by atoms with Gasteiger partial charge in [0.05, 0.1) is 23.1 Å². The molecule has 0 saturated carbocycles. The van der Waals surface area contributed by atoms with Crippen LogP contribution in [0.1, 0.15) is 0 Å². The standard InChI is InChI=1S/C35H18F5N3O/c36-30-29(31(37)33(39)34(40)32(30)38)22-12-21(13-23(14-22)35-24-9-4-3-8-20(24)17-41-43-35)26-10-5-11-27(42-26)25-15-18-6-1-2-7-19(18)16-28(25)44/h1-17,44H. The predicted molar refractivity (Wildman–Crippen MR) is 158 cm³/mol. The predicted octanol–water partition coefficient (Wildman–Crippen LogP) is 9.25. The summed E-state index contributed by atoms with van der Waals surface area (Å²) < 4.78 is 72.7. The molecule has 0 spiro atoms. The Morgan fingerprint density at radius 3 is 1.86 bits per heavy atom. The van der Waals surface area contributed by atoms with Crippen LogP contribution in [-0.2, 0) is 0 Å². The van der Waals surface area contributed by atoms with Crippen LogP contribution >= 0.6 is 0 Å². The highest BCUT2D eigenvalue weighted by Crippen LogP contribution is 2.39. The first kappa shape index (κ1) is 27.2. The van der Waals surface area contributed by atoms with Crippen LogP contribution in [0.15, 0.2) is 103 Å². The van der Waals surface area contributed by atoms with E-state index in [9.17, 15) is 18.3 Å². The lowest BCUT2D eigenvalue weighted by molar-refractivity contribution is 0.381. The highest BCUT2D eigenvalue weighted by molar-refractivity contribution is 5.96. The van der Waals surface area contributed by atoms with Crippen LogP contribution in [0.25, 0.3) is 66.4 Å². The molecule has 0 aliphatic carbocycles. The quantitative estimate of drug-likeness (QED) is 0.126. The molecular formula is C35H18F5N3O. The molecule has 0 aliphatic rings. The Kier molecular flexibility index (Phi) is 6.50. The Hall–Kier alpha value is -5.70. The second-order valence-corrected chi connectivity index (χ2v) is 10.1. The van der Waals surface area contributed by atoms with Gasteiger partial charge < -0.3 is 5.11 Å². The summed E-state index contributed by atoms with van der Waals surface area (Å²) in [6, 6.07) is 27.4. The number of nitrogens with zero attached hydrogens (tertiary/aromatic N) is 3. The lowest BCUT2D eigenvalue weighted by Crippen LogP contribution is -2.04. The highest BCUT2D eigenvalue weighted by Gasteiger charge is 2.27. The summed E-state index contributed by atoms with van der Waals surface area (Å²) in [5.74, 6) is -10.3. The third kappa shape index (κ3) is 4.50. The first-order valence-electron chi connectivity index (χ1n) is 13.4. The van der Waals surface area contributed by atoms with Gasteiger partial charge in [-0.25, -0.2) is 26.9 Å². The number of phenols is 1. The van der Waals surface area contributed by atoms with Crippen molar-refractivity contribution >= 4 is 21.5 Å². The summed E-state index contributed by atoms with van der Waals surface area (Å²) in [5, 5.41) is 22.2. The molecule has 0 unspecified atom stereocenters. The number of aromatic hydroxyl groups is 1.